The number of fused-ring (bicyclic) bond motifs is 2. The molecule has 10 heteroatoms. The quantitative estimate of drug-likeness (QED) is 0.168. The summed E-state index contributed by atoms with van der Waals surface area (Å²) in [5, 5.41) is 14.9. The second-order valence-electron chi connectivity index (χ2n) is 11.3. The van der Waals surface area contributed by atoms with E-state index in [4.69, 9.17) is 9.84 Å². The number of aliphatic hydroxyl groups is 1. The highest BCUT2D eigenvalue weighted by Crippen LogP contribution is 2.34. The van der Waals surface area contributed by atoms with Crippen LogP contribution in [0.15, 0.2) is 48.7 Å². The van der Waals surface area contributed by atoms with Crippen LogP contribution in [0.4, 0.5) is 5.69 Å². The first-order valence-corrected chi connectivity index (χ1v) is 16.0. The summed E-state index contributed by atoms with van der Waals surface area (Å²) in [5.41, 5.74) is 5.85. The molecule has 2 saturated heterocycles. The molecular weight excluding hydrogens is 645 g/mol. The number of halogens is 1. The lowest BCUT2D eigenvalue weighted by Crippen LogP contribution is -2.53. The maximum Gasteiger partial charge on any atom is 0.267 e. The molecule has 0 saturated carbocycles. The van der Waals surface area contributed by atoms with Gasteiger partial charge in [-0.2, -0.15) is 0 Å². The number of ether oxygens (including phenoxy) is 1. The first-order valence-electron chi connectivity index (χ1n) is 14.4. The average Bonchev–Trinajstić information content (AvgIpc) is 3.50. The van der Waals surface area contributed by atoms with Gasteiger partial charge in [0.2, 0.25) is 0 Å². The van der Waals surface area contributed by atoms with Gasteiger partial charge < -0.3 is 29.9 Å². The summed E-state index contributed by atoms with van der Waals surface area (Å²) in [5.74, 6) is 0.304. The van der Waals surface area contributed by atoms with Crippen molar-refractivity contribution >= 4 is 40.1 Å². The van der Waals surface area contributed by atoms with Crippen molar-refractivity contribution in [3.05, 3.63) is 71.0 Å². The number of nitrogens with zero attached hydrogens (tertiary/aromatic N) is 3. The Morgan fingerprint density at radius 2 is 1.81 bits per heavy atom. The summed E-state index contributed by atoms with van der Waals surface area (Å²) < 4.78 is 8.42. The maximum atomic E-state index is 13.6. The zero-order chi connectivity index (χ0) is 30.0. The minimum Gasteiger partial charge on any atom is -0.497 e. The highest BCUT2D eigenvalue weighted by atomic mass is 127. The molecule has 9 nitrogen and oxygen atoms in total. The third-order valence-corrected chi connectivity index (χ3v) is 9.37. The highest BCUT2D eigenvalue weighted by molar-refractivity contribution is 14.1. The number of amides is 2. The van der Waals surface area contributed by atoms with Crippen LogP contribution in [0.3, 0.4) is 0 Å². The fourth-order valence-corrected chi connectivity index (χ4v) is 7.28. The van der Waals surface area contributed by atoms with Gasteiger partial charge in [-0.1, -0.05) is 28.7 Å². The van der Waals surface area contributed by atoms with Crippen molar-refractivity contribution in [2.75, 3.05) is 42.8 Å². The number of nitrogens with one attached hydrogen (secondary N) is 2. The lowest BCUT2D eigenvalue weighted by molar-refractivity contribution is 0.0930. The van der Waals surface area contributed by atoms with E-state index >= 15 is 0 Å². The van der Waals surface area contributed by atoms with Crippen LogP contribution in [-0.4, -0.2) is 76.4 Å². The zero-order valence-electron chi connectivity index (χ0n) is 24.7. The Labute approximate surface area is 261 Å². The van der Waals surface area contributed by atoms with Crippen LogP contribution in [0.25, 0.3) is 11.1 Å². The Balaban J connectivity index is 1.34. The standard InChI is InChI=1S/C32H40IN5O4/c1-20-5-6-25(37-17-26-7-8-27(18-37)38(26)19-33)15-29(20)31(40)35-21(2)22-11-23(13-28(12-22)42-4)24-14-30(36(3)16-24)32(41)34-9-10-39/h5-6,11-16,21,26-27,39H,7-10,17-19H2,1-4H3,(H,34,41)(H,35,40)/t21-,26-,27+/m1/s1. The van der Waals surface area contributed by atoms with E-state index in [0.29, 0.717) is 29.1 Å². The molecule has 0 spiro atoms. The Morgan fingerprint density at radius 3 is 2.48 bits per heavy atom. The summed E-state index contributed by atoms with van der Waals surface area (Å²) in [7, 11) is 3.43. The first kappa shape index (κ1) is 30.4. The molecule has 2 aliphatic heterocycles. The highest BCUT2D eigenvalue weighted by Gasteiger charge is 2.39. The van der Waals surface area contributed by atoms with Crippen LogP contribution in [0, 0.1) is 6.92 Å². The summed E-state index contributed by atoms with van der Waals surface area (Å²) in [4.78, 5) is 31.2. The Hall–Kier alpha value is -3.09. The van der Waals surface area contributed by atoms with Crippen molar-refractivity contribution in [1.29, 1.82) is 0 Å². The number of aliphatic hydroxyl groups excluding tert-OH is 1. The van der Waals surface area contributed by atoms with Gasteiger partial charge in [0.05, 0.1) is 24.3 Å². The normalized spacial score (nSPS) is 19.0. The van der Waals surface area contributed by atoms with Gasteiger partial charge in [-0.25, -0.2) is 0 Å². The van der Waals surface area contributed by atoms with E-state index in [9.17, 15) is 9.59 Å². The number of carbonyl (C=O) groups is 2. The molecule has 3 heterocycles. The van der Waals surface area contributed by atoms with Gasteiger partial charge in [0.15, 0.2) is 0 Å². The minimum absolute atomic E-state index is 0.109. The van der Waals surface area contributed by atoms with Gasteiger partial charge in [-0.05, 0) is 79.8 Å². The van der Waals surface area contributed by atoms with E-state index in [1.165, 1.54) is 12.8 Å². The third-order valence-electron chi connectivity index (χ3n) is 8.58. The fraction of sp³-hybridized carbons (Fsp3) is 0.438. The topological polar surface area (TPSA) is 99.1 Å². The van der Waals surface area contributed by atoms with Crippen molar-refractivity contribution in [2.24, 2.45) is 7.05 Å². The van der Waals surface area contributed by atoms with Gasteiger partial charge in [-0.3, -0.25) is 14.5 Å². The van der Waals surface area contributed by atoms with Crippen molar-refractivity contribution in [2.45, 2.75) is 44.8 Å². The van der Waals surface area contributed by atoms with Gasteiger partial charge in [0.25, 0.3) is 11.8 Å². The van der Waals surface area contributed by atoms with E-state index in [1.807, 2.05) is 57.4 Å². The monoisotopic (exact) mass is 685 g/mol. The van der Waals surface area contributed by atoms with Crippen LogP contribution in [-0.2, 0) is 7.05 Å². The van der Waals surface area contributed by atoms with E-state index in [2.05, 4.69) is 55.2 Å². The van der Waals surface area contributed by atoms with E-state index in [0.717, 1.165) is 45.6 Å². The summed E-state index contributed by atoms with van der Waals surface area (Å²) in [6, 6.07) is 14.8. The molecule has 3 aromatic rings. The molecule has 0 radical (unpaired) electrons. The Kier molecular flexibility index (Phi) is 9.44. The number of piperazine rings is 1. The van der Waals surface area contributed by atoms with E-state index in [1.54, 1.807) is 11.7 Å². The smallest absolute Gasteiger partial charge is 0.267 e. The van der Waals surface area contributed by atoms with Crippen LogP contribution < -0.4 is 20.3 Å². The van der Waals surface area contributed by atoms with Gasteiger partial charge >= 0.3 is 0 Å². The second kappa shape index (κ2) is 13.0. The number of methoxy groups -OCH3 is 1. The average molecular weight is 686 g/mol. The van der Waals surface area contributed by atoms with Crippen molar-refractivity contribution in [3.8, 4) is 16.9 Å². The van der Waals surface area contributed by atoms with Gasteiger partial charge in [0.1, 0.15) is 11.4 Å². The largest absolute Gasteiger partial charge is 0.497 e. The first-order chi connectivity index (χ1) is 20.2. The molecule has 2 aromatic carbocycles. The van der Waals surface area contributed by atoms with Gasteiger partial charge in [0, 0.05) is 61.8 Å². The SMILES string of the molecule is COc1cc(-c2cc(C(=O)NCCO)n(C)c2)cc([C@@H](C)NC(=O)c2cc(N3C[C@H]4CC[C@@H](C3)N4CI)ccc2C)c1. The molecule has 0 unspecified atom stereocenters. The Bertz CT molecular complexity index is 1440. The van der Waals surface area contributed by atoms with Crippen LogP contribution in [0.1, 0.15) is 57.8 Å². The number of alkyl halides is 1. The number of rotatable bonds is 10. The molecule has 2 fully saturated rings. The fourth-order valence-electron chi connectivity index (χ4n) is 6.17. The molecule has 2 bridgehead atoms. The molecule has 224 valence electrons. The number of aromatic nitrogens is 1. The summed E-state index contributed by atoms with van der Waals surface area (Å²) >= 11 is 2.47. The number of anilines is 1. The van der Waals surface area contributed by atoms with Crippen LogP contribution >= 0.6 is 22.6 Å². The van der Waals surface area contributed by atoms with E-state index < -0.39 is 0 Å². The second-order valence-corrected chi connectivity index (χ2v) is 12.0. The molecule has 5 rings (SSSR count). The lowest BCUT2D eigenvalue weighted by atomic mass is 10.00. The van der Waals surface area contributed by atoms with Crippen LogP contribution in [0.2, 0.25) is 0 Å². The zero-order valence-corrected chi connectivity index (χ0v) is 26.8. The van der Waals surface area contributed by atoms with Crippen LogP contribution in [0.5, 0.6) is 5.75 Å². The number of carbonyl (C=O) groups excluding carboxylic acids is 2. The molecular formula is C32H40IN5O4. The Morgan fingerprint density at radius 1 is 1.07 bits per heavy atom. The molecule has 3 atom stereocenters. The third kappa shape index (κ3) is 6.30. The lowest BCUT2D eigenvalue weighted by Gasteiger charge is -2.41. The van der Waals surface area contributed by atoms with Crippen molar-refractivity contribution in [1.82, 2.24) is 20.1 Å². The molecule has 3 N–H and O–H groups in total. The maximum absolute atomic E-state index is 13.6. The molecule has 2 amide bonds. The van der Waals surface area contributed by atoms with E-state index in [-0.39, 0.29) is 31.0 Å². The van der Waals surface area contributed by atoms with Crippen molar-refractivity contribution in [3.63, 3.8) is 0 Å². The number of hydrogen-bond acceptors (Lipinski definition) is 6. The molecule has 1 aromatic heterocycles. The summed E-state index contributed by atoms with van der Waals surface area (Å²) in [6.07, 6.45) is 4.37. The van der Waals surface area contributed by atoms with Crippen molar-refractivity contribution < 1.29 is 19.4 Å². The molecule has 2 aliphatic rings. The number of benzene rings is 2. The predicted octanol–water partition coefficient (Wildman–Crippen LogP) is 4.27. The molecule has 42 heavy (non-hydrogen) atoms. The minimum atomic E-state index is -0.284. The van der Waals surface area contributed by atoms with Gasteiger partial charge in [-0.15, -0.1) is 0 Å². The molecule has 0 aliphatic carbocycles. The number of aryl methyl sites for hydroxylation is 2. The summed E-state index contributed by atoms with van der Waals surface area (Å²) in [6.45, 7) is 6.02. The number of hydrogen-bond donors (Lipinski definition) is 3. The predicted molar refractivity (Wildman–Crippen MR) is 174 cm³/mol.